The van der Waals surface area contributed by atoms with E-state index in [4.69, 9.17) is 5.73 Å². The Morgan fingerprint density at radius 1 is 1.40 bits per heavy atom. The highest BCUT2D eigenvalue weighted by Crippen LogP contribution is 2.29. The SMILES string of the molecule is Cc1ccc(C(CN)N2CC(C)C(N(C)C)C2)cc1F. The molecular weight excluding hydrogens is 253 g/mol. The first kappa shape index (κ1) is 15.4. The maximum atomic E-state index is 13.8. The lowest BCUT2D eigenvalue weighted by Crippen LogP contribution is -2.36. The zero-order valence-corrected chi connectivity index (χ0v) is 12.9. The van der Waals surface area contributed by atoms with Crippen LogP contribution in [0.3, 0.4) is 0 Å². The molecule has 1 saturated heterocycles. The van der Waals surface area contributed by atoms with Gasteiger partial charge in [0.15, 0.2) is 0 Å². The largest absolute Gasteiger partial charge is 0.329 e. The van der Waals surface area contributed by atoms with E-state index in [1.807, 2.05) is 12.1 Å². The summed E-state index contributed by atoms with van der Waals surface area (Å²) >= 11 is 0. The number of nitrogens with two attached hydrogens (primary N) is 1. The zero-order valence-electron chi connectivity index (χ0n) is 12.9. The molecule has 20 heavy (non-hydrogen) atoms. The number of aryl methyl sites for hydroxylation is 1. The minimum absolute atomic E-state index is 0.109. The molecule has 3 atom stereocenters. The number of likely N-dealkylation sites (N-methyl/N-ethyl adjacent to an activating group) is 1. The highest BCUT2D eigenvalue weighted by Gasteiger charge is 2.34. The number of hydrogen-bond acceptors (Lipinski definition) is 3. The molecule has 0 radical (unpaired) electrons. The molecule has 2 N–H and O–H groups in total. The molecular formula is C16H26FN3. The third kappa shape index (κ3) is 3.03. The van der Waals surface area contributed by atoms with Gasteiger partial charge in [0.1, 0.15) is 5.82 Å². The molecule has 2 rings (SSSR count). The summed E-state index contributed by atoms with van der Waals surface area (Å²) in [6.07, 6.45) is 0. The van der Waals surface area contributed by atoms with E-state index >= 15 is 0 Å². The second kappa shape index (κ2) is 6.20. The normalized spacial score (nSPS) is 25.4. The monoisotopic (exact) mass is 279 g/mol. The molecule has 1 aromatic carbocycles. The average molecular weight is 279 g/mol. The minimum Gasteiger partial charge on any atom is -0.329 e. The van der Waals surface area contributed by atoms with E-state index < -0.39 is 0 Å². The van der Waals surface area contributed by atoms with Gasteiger partial charge in [-0.2, -0.15) is 0 Å². The van der Waals surface area contributed by atoms with Crippen molar-refractivity contribution in [3.63, 3.8) is 0 Å². The van der Waals surface area contributed by atoms with Crippen LogP contribution in [0, 0.1) is 18.7 Å². The van der Waals surface area contributed by atoms with Crippen LogP contribution < -0.4 is 5.73 Å². The molecule has 1 heterocycles. The fraction of sp³-hybridized carbons (Fsp3) is 0.625. The van der Waals surface area contributed by atoms with E-state index in [1.165, 1.54) is 0 Å². The zero-order chi connectivity index (χ0) is 14.9. The van der Waals surface area contributed by atoms with Crippen LogP contribution in [0.1, 0.15) is 24.1 Å². The summed E-state index contributed by atoms with van der Waals surface area (Å²) in [4.78, 5) is 4.66. The summed E-state index contributed by atoms with van der Waals surface area (Å²) in [5.74, 6) is 0.465. The second-order valence-corrected chi connectivity index (χ2v) is 6.22. The molecule has 0 aliphatic carbocycles. The van der Waals surface area contributed by atoms with Gasteiger partial charge in [-0.1, -0.05) is 19.1 Å². The number of hydrogen-bond donors (Lipinski definition) is 1. The van der Waals surface area contributed by atoms with Gasteiger partial charge in [-0.3, -0.25) is 4.90 Å². The first-order valence-electron chi connectivity index (χ1n) is 7.30. The Labute approximate surface area is 121 Å². The maximum absolute atomic E-state index is 13.8. The standard InChI is InChI=1S/C16H26FN3/c1-11-5-6-13(7-14(11)17)15(8-18)20-9-12(2)16(10-20)19(3)4/h5-7,12,15-16H,8-10,18H2,1-4H3. The van der Waals surface area contributed by atoms with Crippen molar-refractivity contribution in [2.75, 3.05) is 33.7 Å². The van der Waals surface area contributed by atoms with E-state index in [-0.39, 0.29) is 11.9 Å². The number of benzene rings is 1. The molecule has 0 aromatic heterocycles. The topological polar surface area (TPSA) is 32.5 Å². The molecule has 0 bridgehead atoms. The van der Waals surface area contributed by atoms with Gasteiger partial charge in [0, 0.05) is 31.7 Å². The molecule has 3 nitrogen and oxygen atoms in total. The second-order valence-electron chi connectivity index (χ2n) is 6.22. The summed E-state index contributed by atoms with van der Waals surface area (Å²) in [6.45, 7) is 6.59. The summed E-state index contributed by atoms with van der Waals surface area (Å²) in [6, 6.07) is 6.14. The smallest absolute Gasteiger partial charge is 0.126 e. The summed E-state index contributed by atoms with van der Waals surface area (Å²) < 4.78 is 13.8. The lowest BCUT2D eigenvalue weighted by Gasteiger charge is -2.28. The van der Waals surface area contributed by atoms with E-state index in [9.17, 15) is 4.39 Å². The number of likely N-dealkylation sites (tertiary alicyclic amines) is 1. The molecule has 0 spiro atoms. The number of rotatable bonds is 4. The number of halogens is 1. The van der Waals surface area contributed by atoms with Crippen LogP contribution in [0.15, 0.2) is 18.2 Å². The summed E-state index contributed by atoms with van der Waals surface area (Å²) in [7, 11) is 4.24. The molecule has 1 fully saturated rings. The van der Waals surface area contributed by atoms with Gasteiger partial charge in [0.25, 0.3) is 0 Å². The van der Waals surface area contributed by atoms with Gasteiger partial charge >= 0.3 is 0 Å². The molecule has 112 valence electrons. The Morgan fingerprint density at radius 2 is 2.10 bits per heavy atom. The van der Waals surface area contributed by atoms with E-state index in [2.05, 4.69) is 30.8 Å². The van der Waals surface area contributed by atoms with Crippen molar-refractivity contribution in [3.8, 4) is 0 Å². The van der Waals surface area contributed by atoms with Crippen molar-refractivity contribution in [3.05, 3.63) is 35.1 Å². The lowest BCUT2D eigenvalue weighted by molar-refractivity contribution is 0.219. The van der Waals surface area contributed by atoms with Crippen LogP contribution in [0.2, 0.25) is 0 Å². The predicted octanol–water partition coefficient (Wildman–Crippen LogP) is 2.02. The van der Waals surface area contributed by atoms with Crippen LogP contribution in [-0.2, 0) is 0 Å². The van der Waals surface area contributed by atoms with Gasteiger partial charge in [-0.15, -0.1) is 0 Å². The summed E-state index contributed by atoms with van der Waals surface area (Å²) in [5.41, 5.74) is 7.64. The fourth-order valence-corrected chi connectivity index (χ4v) is 3.23. The van der Waals surface area contributed by atoms with Gasteiger partial charge in [-0.05, 0) is 44.1 Å². The van der Waals surface area contributed by atoms with Crippen LogP contribution >= 0.6 is 0 Å². The third-order valence-electron chi connectivity index (χ3n) is 4.51. The van der Waals surface area contributed by atoms with Crippen molar-refractivity contribution < 1.29 is 4.39 Å². The third-order valence-corrected chi connectivity index (χ3v) is 4.51. The Balaban J connectivity index is 2.18. The van der Waals surface area contributed by atoms with Crippen molar-refractivity contribution in [1.29, 1.82) is 0 Å². The molecule has 4 heteroatoms. The molecule has 1 aliphatic heterocycles. The van der Waals surface area contributed by atoms with E-state index in [0.717, 1.165) is 18.7 Å². The van der Waals surface area contributed by atoms with Gasteiger partial charge in [0.05, 0.1) is 0 Å². The molecule has 3 unspecified atom stereocenters. The highest BCUT2D eigenvalue weighted by atomic mass is 19.1. The van der Waals surface area contributed by atoms with E-state index in [0.29, 0.717) is 24.1 Å². The Morgan fingerprint density at radius 3 is 2.60 bits per heavy atom. The Kier molecular flexibility index (Phi) is 4.78. The first-order chi connectivity index (χ1) is 9.43. The lowest BCUT2D eigenvalue weighted by atomic mass is 10.0. The fourth-order valence-electron chi connectivity index (χ4n) is 3.23. The summed E-state index contributed by atoms with van der Waals surface area (Å²) in [5, 5.41) is 0. The van der Waals surface area contributed by atoms with Crippen molar-refractivity contribution in [2.24, 2.45) is 11.7 Å². The van der Waals surface area contributed by atoms with Crippen LogP contribution in [-0.4, -0.2) is 49.6 Å². The van der Waals surface area contributed by atoms with Gasteiger partial charge in [-0.25, -0.2) is 4.39 Å². The van der Waals surface area contributed by atoms with Crippen molar-refractivity contribution in [2.45, 2.75) is 25.9 Å². The van der Waals surface area contributed by atoms with Crippen LogP contribution in [0.5, 0.6) is 0 Å². The van der Waals surface area contributed by atoms with Crippen LogP contribution in [0.25, 0.3) is 0 Å². The molecule has 0 saturated carbocycles. The Hall–Kier alpha value is -0.970. The maximum Gasteiger partial charge on any atom is 0.126 e. The molecule has 1 aliphatic rings. The van der Waals surface area contributed by atoms with Crippen LogP contribution in [0.4, 0.5) is 4.39 Å². The number of nitrogens with zero attached hydrogens (tertiary/aromatic N) is 2. The highest BCUT2D eigenvalue weighted by molar-refractivity contribution is 5.26. The quantitative estimate of drug-likeness (QED) is 0.915. The minimum atomic E-state index is -0.141. The average Bonchev–Trinajstić information content (AvgIpc) is 2.77. The van der Waals surface area contributed by atoms with Crippen molar-refractivity contribution >= 4 is 0 Å². The van der Waals surface area contributed by atoms with Gasteiger partial charge < -0.3 is 10.6 Å². The first-order valence-corrected chi connectivity index (χ1v) is 7.30. The molecule has 0 amide bonds. The predicted molar refractivity (Wildman–Crippen MR) is 81.1 cm³/mol. The van der Waals surface area contributed by atoms with Crippen molar-refractivity contribution in [1.82, 2.24) is 9.80 Å². The Bertz CT molecular complexity index is 461. The van der Waals surface area contributed by atoms with Gasteiger partial charge in [0.2, 0.25) is 0 Å². The molecule has 1 aromatic rings. The van der Waals surface area contributed by atoms with E-state index in [1.54, 1.807) is 13.0 Å².